The summed E-state index contributed by atoms with van der Waals surface area (Å²) in [5.41, 5.74) is 0.873. The van der Waals surface area contributed by atoms with Gasteiger partial charge in [-0.15, -0.1) is 0 Å². The fourth-order valence-electron chi connectivity index (χ4n) is 1.41. The molecule has 116 valence electrons. The average molecular weight is 306 g/mol. The first-order valence-corrected chi connectivity index (χ1v) is 6.20. The first-order chi connectivity index (χ1) is 10.4. The topological polar surface area (TPSA) is 133 Å². The van der Waals surface area contributed by atoms with E-state index in [0.717, 1.165) is 6.08 Å². The van der Waals surface area contributed by atoms with Gasteiger partial charge < -0.3 is 20.8 Å². The van der Waals surface area contributed by atoms with Crippen molar-refractivity contribution < 1.29 is 29.4 Å². The monoisotopic (exact) mass is 306 g/mol. The molecule has 0 fully saturated rings. The Morgan fingerprint density at radius 2 is 1.41 bits per heavy atom. The molecule has 8 heteroatoms. The lowest BCUT2D eigenvalue weighted by Crippen LogP contribution is -2.13. The Balaban J connectivity index is 2.52. The molecule has 0 bridgehead atoms. The predicted octanol–water partition coefficient (Wildman–Crippen LogP) is 1.07. The standard InChI is InChI=1S/C14H14N2O6/c17-11(5-7-13(19)20)15-9-1-2-10(4-3-9)16-12(18)6-8-14(21)22/h1-5,7H,6,8H2,(H,15,17)(H,16,18)(H,19,20)(H,21,22)/b7-5+. The summed E-state index contributed by atoms with van der Waals surface area (Å²) in [7, 11) is 0. The van der Waals surface area contributed by atoms with E-state index in [-0.39, 0.29) is 12.8 Å². The Morgan fingerprint density at radius 3 is 1.91 bits per heavy atom. The van der Waals surface area contributed by atoms with Crippen LogP contribution in [0.4, 0.5) is 11.4 Å². The van der Waals surface area contributed by atoms with Crippen molar-refractivity contribution in [1.29, 1.82) is 0 Å². The maximum atomic E-state index is 11.4. The van der Waals surface area contributed by atoms with Crippen molar-refractivity contribution in [2.45, 2.75) is 12.8 Å². The Kier molecular flexibility index (Phi) is 6.30. The SMILES string of the molecule is O=C(O)/C=C/C(=O)Nc1ccc(NC(=O)CCC(=O)O)cc1. The molecular formula is C14H14N2O6. The van der Waals surface area contributed by atoms with Crippen LogP contribution in [0.15, 0.2) is 36.4 Å². The number of rotatable bonds is 7. The molecule has 0 unspecified atom stereocenters. The number of hydrogen-bond donors (Lipinski definition) is 4. The molecule has 0 radical (unpaired) electrons. The van der Waals surface area contributed by atoms with E-state index >= 15 is 0 Å². The third-order valence-electron chi connectivity index (χ3n) is 2.38. The van der Waals surface area contributed by atoms with Crippen LogP contribution < -0.4 is 10.6 Å². The number of benzene rings is 1. The van der Waals surface area contributed by atoms with Crippen molar-refractivity contribution in [3.05, 3.63) is 36.4 Å². The number of amides is 2. The Bertz CT molecular complexity index is 606. The zero-order chi connectivity index (χ0) is 16.5. The number of carbonyl (C=O) groups is 4. The van der Waals surface area contributed by atoms with Crippen LogP contribution in [0.5, 0.6) is 0 Å². The van der Waals surface area contributed by atoms with E-state index in [1.165, 1.54) is 24.3 Å². The van der Waals surface area contributed by atoms with Gasteiger partial charge in [-0.05, 0) is 24.3 Å². The van der Waals surface area contributed by atoms with E-state index in [1.807, 2.05) is 0 Å². The average Bonchev–Trinajstić information content (AvgIpc) is 2.45. The lowest BCUT2D eigenvalue weighted by atomic mass is 10.2. The van der Waals surface area contributed by atoms with Gasteiger partial charge in [-0.1, -0.05) is 0 Å². The van der Waals surface area contributed by atoms with Crippen LogP contribution in [0, 0.1) is 0 Å². The van der Waals surface area contributed by atoms with E-state index in [0.29, 0.717) is 17.5 Å². The van der Waals surface area contributed by atoms with E-state index < -0.39 is 23.8 Å². The van der Waals surface area contributed by atoms with Gasteiger partial charge in [0.1, 0.15) is 0 Å². The number of anilines is 2. The van der Waals surface area contributed by atoms with Crippen LogP contribution in [0.1, 0.15) is 12.8 Å². The summed E-state index contributed by atoms with van der Waals surface area (Å²) in [6.45, 7) is 0. The molecule has 0 heterocycles. The molecule has 4 N–H and O–H groups in total. The highest BCUT2D eigenvalue weighted by Crippen LogP contribution is 2.14. The number of hydrogen-bond acceptors (Lipinski definition) is 4. The molecule has 1 aromatic carbocycles. The minimum absolute atomic E-state index is 0.131. The minimum Gasteiger partial charge on any atom is -0.481 e. The van der Waals surface area contributed by atoms with Crippen LogP contribution in [-0.4, -0.2) is 34.0 Å². The quantitative estimate of drug-likeness (QED) is 0.557. The number of nitrogens with one attached hydrogen (secondary N) is 2. The van der Waals surface area contributed by atoms with E-state index in [1.54, 1.807) is 0 Å². The predicted molar refractivity (Wildman–Crippen MR) is 77.3 cm³/mol. The largest absolute Gasteiger partial charge is 0.481 e. The zero-order valence-electron chi connectivity index (χ0n) is 11.4. The lowest BCUT2D eigenvalue weighted by Gasteiger charge is -2.06. The molecule has 0 saturated heterocycles. The van der Waals surface area contributed by atoms with Crippen LogP contribution in [-0.2, 0) is 19.2 Å². The van der Waals surface area contributed by atoms with Crippen LogP contribution in [0.2, 0.25) is 0 Å². The van der Waals surface area contributed by atoms with Gasteiger partial charge in [-0.25, -0.2) is 4.79 Å². The van der Waals surface area contributed by atoms with E-state index in [2.05, 4.69) is 10.6 Å². The Hall–Kier alpha value is -3.16. The van der Waals surface area contributed by atoms with Crippen LogP contribution in [0.25, 0.3) is 0 Å². The minimum atomic E-state index is -1.23. The second-order valence-corrected chi connectivity index (χ2v) is 4.18. The molecule has 0 aromatic heterocycles. The Labute approximate surface area is 125 Å². The second kappa shape index (κ2) is 8.20. The first kappa shape index (κ1) is 16.9. The molecule has 1 aromatic rings. The van der Waals surface area contributed by atoms with Crippen molar-refractivity contribution in [2.24, 2.45) is 0 Å². The second-order valence-electron chi connectivity index (χ2n) is 4.18. The summed E-state index contributed by atoms with van der Waals surface area (Å²) in [5, 5.41) is 21.8. The van der Waals surface area contributed by atoms with Gasteiger partial charge in [0.25, 0.3) is 0 Å². The molecular weight excluding hydrogens is 292 g/mol. The maximum Gasteiger partial charge on any atom is 0.328 e. The Morgan fingerprint density at radius 1 is 0.864 bits per heavy atom. The number of carbonyl (C=O) groups excluding carboxylic acids is 2. The fraction of sp³-hybridized carbons (Fsp3) is 0.143. The number of carboxylic acid groups (broad SMARTS) is 2. The smallest absolute Gasteiger partial charge is 0.328 e. The molecule has 1 rings (SSSR count). The van der Waals surface area contributed by atoms with Gasteiger partial charge >= 0.3 is 11.9 Å². The number of carboxylic acids is 2. The molecule has 0 atom stereocenters. The molecule has 0 spiro atoms. The fourth-order valence-corrected chi connectivity index (χ4v) is 1.41. The highest BCUT2D eigenvalue weighted by molar-refractivity contribution is 6.02. The summed E-state index contributed by atoms with van der Waals surface area (Å²) in [4.78, 5) is 43.4. The molecule has 0 aliphatic carbocycles. The third kappa shape index (κ3) is 6.85. The summed E-state index contributed by atoms with van der Waals surface area (Å²) in [5.74, 6) is -3.30. The van der Waals surface area contributed by atoms with Crippen molar-refractivity contribution >= 4 is 35.1 Å². The van der Waals surface area contributed by atoms with Crippen molar-refractivity contribution in [3.8, 4) is 0 Å². The van der Waals surface area contributed by atoms with Gasteiger partial charge in [-0.3, -0.25) is 14.4 Å². The van der Waals surface area contributed by atoms with Crippen molar-refractivity contribution in [1.82, 2.24) is 0 Å². The molecule has 0 aliphatic heterocycles. The van der Waals surface area contributed by atoms with Gasteiger partial charge in [0.2, 0.25) is 11.8 Å². The zero-order valence-corrected chi connectivity index (χ0v) is 11.4. The van der Waals surface area contributed by atoms with Gasteiger partial charge in [-0.2, -0.15) is 0 Å². The summed E-state index contributed by atoms with van der Waals surface area (Å²) in [6, 6.07) is 6.07. The highest BCUT2D eigenvalue weighted by Gasteiger charge is 2.06. The molecule has 2 amide bonds. The summed E-state index contributed by atoms with van der Waals surface area (Å²) >= 11 is 0. The maximum absolute atomic E-state index is 11.4. The third-order valence-corrected chi connectivity index (χ3v) is 2.38. The first-order valence-electron chi connectivity index (χ1n) is 6.20. The van der Waals surface area contributed by atoms with Crippen LogP contribution >= 0.6 is 0 Å². The molecule has 0 aliphatic rings. The van der Waals surface area contributed by atoms with E-state index in [9.17, 15) is 19.2 Å². The molecule has 0 saturated carbocycles. The normalized spacial score (nSPS) is 10.2. The van der Waals surface area contributed by atoms with Gasteiger partial charge in [0.05, 0.1) is 6.42 Å². The summed E-state index contributed by atoms with van der Waals surface area (Å²) < 4.78 is 0. The number of aliphatic carboxylic acids is 2. The summed E-state index contributed by atoms with van der Waals surface area (Å²) in [6.07, 6.45) is 1.21. The van der Waals surface area contributed by atoms with Gasteiger partial charge in [0, 0.05) is 29.9 Å². The lowest BCUT2D eigenvalue weighted by molar-refractivity contribution is -0.138. The highest BCUT2D eigenvalue weighted by atomic mass is 16.4. The molecule has 22 heavy (non-hydrogen) atoms. The van der Waals surface area contributed by atoms with Crippen molar-refractivity contribution in [3.63, 3.8) is 0 Å². The van der Waals surface area contributed by atoms with Gasteiger partial charge in [0.15, 0.2) is 0 Å². The molecule has 8 nitrogen and oxygen atoms in total. The van der Waals surface area contributed by atoms with Crippen molar-refractivity contribution in [2.75, 3.05) is 10.6 Å². The van der Waals surface area contributed by atoms with Crippen LogP contribution in [0.3, 0.4) is 0 Å². The van der Waals surface area contributed by atoms with E-state index in [4.69, 9.17) is 10.2 Å².